The minimum atomic E-state index is -0.317. The van der Waals surface area contributed by atoms with Crippen LogP contribution < -0.4 is 0 Å². The number of carbonyl (C=O) groups excluding carboxylic acids is 2. The molecule has 0 unspecified atom stereocenters. The summed E-state index contributed by atoms with van der Waals surface area (Å²) in [6.45, 7) is 4.70. The summed E-state index contributed by atoms with van der Waals surface area (Å²) in [4.78, 5) is 27.8. The number of methoxy groups -OCH3 is 2. The summed E-state index contributed by atoms with van der Waals surface area (Å²) in [7, 11) is 3.17. The Balaban J connectivity index is 1.57. The topological polar surface area (TPSA) is 60.8 Å². The molecule has 3 heterocycles. The van der Waals surface area contributed by atoms with E-state index >= 15 is 0 Å². The average molecular weight is 473 g/mol. The number of benzene rings is 2. The van der Waals surface area contributed by atoms with Crippen LogP contribution in [-0.2, 0) is 15.9 Å². The summed E-state index contributed by atoms with van der Waals surface area (Å²) < 4.78 is 13.5. The number of nitrogens with zero attached hydrogens (tertiary/aromatic N) is 2. The second-order valence-corrected chi connectivity index (χ2v) is 9.49. The predicted molar refractivity (Wildman–Crippen MR) is 135 cm³/mol. The van der Waals surface area contributed by atoms with E-state index in [0.717, 1.165) is 30.5 Å². The Morgan fingerprint density at radius 1 is 1.09 bits per heavy atom. The molecule has 6 nitrogen and oxygen atoms in total. The Morgan fingerprint density at radius 2 is 1.83 bits per heavy atom. The van der Waals surface area contributed by atoms with E-state index in [-0.39, 0.29) is 36.0 Å². The van der Waals surface area contributed by atoms with Crippen LogP contribution in [0.2, 0.25) is 0 Å². The number of carbonyl (C=O) groups is 2. The maximum absolute atomic E-state index is 13.1. The highest BCUT2D eigenvalue weighted by molar-refractivity contribution is 5.96. The zero-order chi connectivity index (χ0) is 24.5. The van der Waals surface area contributed by atoms with Crippen molar-refractivity contribution in [2.75, 3.05) is 20.8 Å². The number of hydrogen-bond acceptors (Lipinski definition) is 4. The third-order valence-corrected chi connectivity index (χ3v) is 7.78. The summed E-state index contributed by atoms with van der Waals surface area (Å²) in [6, 6.07) is 17.6. The van der Waals surface area contributed by atoms with Gasteiger partial charge >= 0.3 is 6.09 Å². The maximum Gasteiger partial charge on any atom is 0.410 e. The molecule has 2 aliphatic heterocycles. The Bertz CT molecular complexity index is 1250. The number of amides is 1. The molecule has 35 heavy (non-hydrogen) atoms. The number of hydrogen-bond donors (Lipinski definition) is 0. The number of ether oxygens (including phenoxy) is 2. The van der Waals surface area contributed by atoms with Crippen LogP contribution in [0.25, 0.3) is 10.9 Å². The van der Waals surface area contributed by atoms with Crippen LogP contribution in [0, 0.1) is 11.8 Å². The number of ketones is 1. The molecule has 6 heteroatoms. The van der Waals surface area contributed by atoms with Crippen molar-refractivity contribution < 1.29 is 19.1 Å². The first-order chi connectivity index (χ1) is 17.1. The molecule has 1 amide bonds. The summed E-state index contributed by atoms with van der Waals surface area (Å²) >= 11 is 0. The average Bonchev–Trinajstić information content (AvgIpc) is 3.13. The second-order valence-electron chi connectivity index (χ2n) is 9.49. The van der Waals surface area contributed by atoms with E-state index in [0.29, 0.717) is 18.5 Å². The molecule has 4 atom stereocenters. The molecule has 0 aliphatic carbocycles. The van der Waals surface area contributed by atoms with Gasteiger partial charge in [0.05, 0.1) is 18.7 Å². The van der Waals surface area contributed by atoms with Gasteiger partial charge in [0, 0.05) is 36.7 Å². The Kier molecular flexibility index (Phi) is 6.48. The van der Waals surface area contributed by atoms with Gasteiger partial charge in [-0.3, -0.25) is 9.69 Å². The van der Waals surface area contributed by atoms with Crippen molar-refractivity contribution in [3.63, 3.8) is 0 Å². The van der Waals surface area contributed by atoms with Crippen LogP contribution in [0.1, 0.15) is 53.1 Å². The largest absolute Gasteiger partial charge is 0.453 e. The summed E-state index contributed by atoms with van der Waals surface area (Å²) in [5.74, 6) is 0.168. The Morgan fingerprint density at radius 3 is 2.54 bits per heavy atom. The van der Waals surface area contributed by atoms with Crippen LogP contribution in [0.3, 0.4) is 0 Å². The maximum atomic E-state index is 13.1. The molecule has 0 fully saturated rings. The monoisotopic (exact) mass is 472 g/mol. The van der Waals surface area contributed by atoms with Crippen LogP contribution in [-0.4, -0.2) is 42.1 Å². The fourth-order valence-electron chi connectivity index (χ4n) is 6.09. The van der Waals surface area contributed by atoms with Crippen molar-refractivity contribution in [2.45, 2.75) is 38.0 Å². The zero-order valence-corrected chi connectivity index (χ0v) is 20.4. The lowest BCUT2D eigenvalue weighted by Crippen LogP contribution is -2.41. The van der Waals surface area contributed by atoms with Crippen molar-refractivity contribution in [1.82, 2.24) is 9.47 Å². The Labute approximate surface area is 206 Å². The lowest BCUT2D eigenvalue weighted by Gasteiger charge is -2.37. The molecule has 1 aromatic heterocycles. The molecule has 0 bridgehead atoms. The molecule has 0 saturated heterocycles. The first kappa shape index (κ1) is 23.4. The SMILES string of the molecule is C=C[C@@H](CC(=O)c1ccccc1)[C@H]1C[C@H](OC)n2c3c(c4ccccc42)CCN(C(=O)OC)[C@H]3C1. The van der Waals surface area contributed by atoms with Crippen molar-refractivity contribution in [3.8, 4) is 0 Å². The molecule has 0 radical (unpaired) electrons. The minimum absolute atomic E-state index is 0.0406. The van der Waals surface area contributed by atoms with E-state index in [2.05, 4.69) is 29.3 Å². The van der Waals surface area contributed by atoms with E-state index in [1.165, 1.54) is 18.1 Å². The van der Waals surface area contributed by atoms with Crippen molar-refractivity contribution in [2.24, 2.45) is 11.8 Å². The minimum Gasteiger partial charge on any atom is -0.453 e. The first-order valence-corrected chi connectivity index (χ1v) is 12.3. The number of rotatable bonds is 6. The van der Waals surface area contributed by atoms with Crippen LogP contribution >= 0.6 is 0 Å². The van der Waals surface area contributed by atoms with Gasteiger partial charge in [-0.1, -0.05) is 54.6 Å². The molecule has 182 valence electrons. The molecule has 2 aromatic carbocycles. The number of Topliss-reactive ketones (excluding diaryl/α,β-unsaturated/α-hetero) is 1. The second kappa shape index (κ2) is 9.70. The van der Waals surface area contributed by atoms with Crippen LogP contribution in [0.4, 0.5) is 4.79 Å². The summed E-state index contributed by atoms with van der Waals surface area (Å²) in [6.07, 6.45) is 3.98. The highest BCUT2D eigenvalue weighted by Gasteiger charge is 2.43. The molecule has 0 spiro atoms. The predicted octanol–water partition coefficient (Wildman–Crippen LogP) is 5.94. The Hall–Kier alpha value is -3.38. The summed E-state index contributed by atoms with van der Waals surface area (Å²) in [5.41, 5.74) is 4.25. The molecular weight excluding hydrogens is 440 g/mol. The first-order valence-electron chi connectivity index (χ1n) is 12.3. The van der Waals surface area contributed by atoms with E-state index in [1.807, 2.05) is 47.4 Å². The van der Waals surface area contributed by atoms with Gasteiger partial charge in [0.2, 0.25) is 0 Å². The number of aromatic nitrogens is 1. The fourth-order valence-corrected chi connectivity index (χ4v) is 6.09. The smallest absolute Gasteiger partial charge is 0.410 e. The molecule has 0 saturated carbocycles. The molecule has 3 aromatic rings. The molecule has 0 N–H and O–H groups in total. The fraction of sp³-hybridized carbons (Fsp3) is 0.379. The van der Waals surface area contributed by atoms with Gasteiger partial charge in [-0.25, -0.2) is 4.79 Å². The van der Waals surface area contributed by atoms with Gasteiger partial charge in [-0.2, -0.15) is 0 Å². The van der Waals surface area contributed by atoms with Gasteiger partial charge in [0.1, 0.15) is 6.23 Å². The lowest BCUT2D eigenvalue weighted by molar-refractivity contribution is 0.0238. The van der Waals surface area contributed by atoms with Crippen LogP contribution in [0.15, 0.2) is 67.3 Å². The molecule has 2 aliphatic rings. The van der Waals surface area contributed by atoms with Crippen molar-refractivity contribution in [1.29, 1.82) is 0 Å². The lowest BCUT2D eigenvalue weighted by atomic mass is 9.79. The van der Waals surface area contributed by atoms with E-state index in [4.69, 9.17) is 9.47 Å². The van der Waals surface area contributed by atoms with Gasteiger partial charge in [-0.15, -0.1) is 6.58 Å². The number of fused-ring (bicyclic) bond motifs is 3. The highest BCUT2D eigenvalue weighted by atomic mass is 16.5. The third kappa shape index (κ3) is 4.06. The number of allylic oxidation sites excluding steroid dienone is 1. The van der Waals surface area contributed by atoms with Crippen molar-refractivity contribution in [3.05, 3.63) is 84.1 Å². The quantitative estimate of drug-likeness (QED) is 0.329. The molecule has 5 rings (SSSR count). The standard InChI is InChI=1S/C29H32N2O4/c1-4-19(17-26(32)20-10-6-5-7-11-20)21-16-25-28-23(14-15-30(25)29(33)35-3)22-12-8-9-13-24(22)31(28)27(18-21)34-2/h4-13,19,21,25,27H,1,14-18H2,2-3H3/t19-,21+,25-,27-/m0/s1. The van der Waals surface area contributed by atoms with E-state index in [1.54, 1.807) is 7.11 Å². The van der Waals surface area contributed by atoms with E-state index in [9.17, 15) is 9.59 Å². The highest BCUT2D eigenvalue weighted by Crippen LogP contribution is 2.48. The zero-order valence-electron chi connectivity index (χ0n) is 20.4. The van der Waals surface area contributed by atoms with Gasteiger partial charge in [-0.05, 0) is 42.7 Å². The normalized spacial score (nSPS) is 22.2. The summed E-state index contributed by atoms with van der Waals surface area (Å²) in [5, 5.41) is 1.22. The van der Waals surface area contributed by atoms with Crippen LogP contribution in [0.5, 0.6) is 0 Å². The van der Waals surface area contributed by atoms with Gasteiger partial charge in [0.25, 0.3) is 0 Å². The van der Waals surface area contributed by atoms with Gasteiger partial charge in [0.15, 0.2) is 5.78 Å². The van der Waals surface area contributed by atoms with E-state index < -0.39 is 0 Å². The van der Waals surface area contributed by atoms with Crippen molar-refractivity contribution >= 4 is 22.8 Å². The molecular formula is C29H32N2O4. The number of para-hydroxylation sites is 1. The van der Waals surface area contributed by atoms with Gasteiger partial charge < -0.3 is 14.0 Å². The third-order valence-electron chi connectivity index (χ3n) is 7.78.